The summed E-state index contributed by atoms with van der Waals surface area (Å²) < 4.78 is 0. The lowest BCUT2D eigenvalue weighted by atomic mass is 10.1. The normalized spacial score (nSPS) is 12.4. The first-order valence-corrected chi connectivity index (χ1v) is 9.57. The van der Waals surface area contributed by atoms with Gasteiger partial charge in [-0.2, -0.15) is 0 Å². The van der Waals surface area contributed by atoms with Crippen molar-refractivity contribution in [3.63, 3.8) is 0 Å². The predicted octanol–water partition coefficient (Wildman–Crippen LogP) is 4.96. The van der Waals surface area contributed by atoms with E-state index in [2.05, 4.69) is 27.8 Å². The van der Waals surface area contributed by atoms with Gasteiger partial charge in [0.05, 0.1) is 17.1 Å². The van der Waals surface area contributed by atoms with Crippen LogP contribution in [-0.2, 0) is 11.3 Å². The smallest absolute Gasteiger partial charge is 0.230 e. The lowest BCUT2D eigenvalue weighted by Crippen LogP contribution is -2.26. The lowest BCUT2D eigenvalue weighted by molar-refractivity contribution is -0.118. The highest BCUT2D eigenvalue weighted by molar-refractivity contribution is 8.14. The van der Waals surface area contributed by atoms with E-state index in [-0.39, 0.29) is 5.91 Å². The molecule has 1 heterocycles. The Labute approximate surface area is 160 Å². The number of benzene rings is 3. The predicted molar refractivity (Wildman–Crippen MR) is 110 cm³/mol. The van der Waals surface area contributed by atoms with Gasteiger partial charge in [-0.3, -0.25) is 4.79 Å². The first-order chi connectivity index (χ1) is 12.7. The molecule has 1 amide bonds. The monoisotopic (exact) mass is 381 g/mol. The van der Waals surface area contributed by atoms with Crippen molar-refractivity contribution in [2.45, 2.75) is 6.54 Å². The van der Waals surface area contributed by atoms with Crippen molar-refractivity contribution in [3.05, 3.63) is 71.2 Å². The highest BCUT2D eigenvalue weighted by Gasteiger charge is 2.15. The molecular formula is C20H16ClN3OS. The van der Waals surface area contributed by atoms with Crippen LogP contribution in [-0.4, -0.2) is 16.8 Å². The van der Waals surface area contributed by atoms with Gasteiger partial charge in [-0.15, -0.1) is 0 Å². The van der Waals surface area contributed by atoms with Crippen LogP contribution in [0.3, 0.4) is 0 Å². The van der Waals surface area contributed by atoms with Crippen LogP contribution in [0.15, 0.2) is 65.7 Å². The summed E-state index contributed by atoms with van der Waals surface area (Å²) >= 11 is 7.35. The molecule has 0 fully saturated rings. The Morgan fingerprint density at radius 3 is 2.77 bits per heavy atom. The molecule has 2 N–H and O–H groups in total. The van der Waals surface area contributed by atoms with E-state index in [1.165, 1.54) is 11.8 Å². The zero-order chi connectivity index (χ0) is 17.9. The zero-order valence-corrected chi connectivity index (χ0v) is 15.4. The van der Waals surface area contributed by atoms with Crippen molar-refractivity contribution >= 4 is 56.6 Å². The summed E-state index contributed by atoms with van der Waals surface area (Å²) in [7, 11) is 0. The summed E-state index contributed by atoms with van der Waals surface area (Å²) in [6.07, 6.45) is 0. The number of hydrogen-bond acceptors (Lipinski definition) is 4. The van der Waals surface area contributed by atoms with Gasteiger partial charge < -0.3 is 10.6 Å². The number of halogens is 1. The third-order valence-electron chi connectivity index (χ3n) is 4.06. The minimum atomic E-state index is -0.0449. The van der Waals surface area contributed by atoms with E-state index < -0.39 is 0 Å². The molecule has 0 unspecified atom stereocenters. The first kappa shape index (κ1) is 16.9. The summed E-state index contributed by atoms with van der Waals surface area (Å²) in [4.78, 5) is 16.8. The average molecular weight is 382 g/mol. The van der Waals surface area contributed by atoms with Gasteiger partial charge >= 0.3 is 0 Å². The lowest BCUT2D eigenvalue weighted by Gasteiger charge is -2.18. The Balaban J connectivity index is 1.38. The molecule has 0 aromatic heterocycles. The van der Waals surface area contributed by atoms with E-state index in [0.29, 0.717) is 17.3 Å². The number of carbonyl (C=O) groups excluding carboxylic acids is 1. The molecule has 3 aromatic rings. The molecule has 6 heteroatoms. The van der Waals surface area contributed by atoms with Gasteiger partial charge in [-0.05, 0) is 35.2 Å². The van der Waals surface area contributed by atoms with Crippen LogP contribution in [0.5, 0.6) is 0 Å². The third-order valence-corrected chi connectivity index (χ3v) is 5.17. The van der Waals surface area contributed by atoms with Gasteiger partial charge in [0.25, 0.3) is 0 Å². The van der Waals surface area contributed by atoms with Crippen molar-refractivity contribution in [2.24, 2.45) is 4.99 Å². The second-order valence-corrected chi connectivity index (χ2v) is 7.32. The fourth-order valence-electron chi connectivity index (χ4n) is 2.87. The van der Waals surface area contributed by atoms with Gasteiger partial charge in [0.2, 0.25) is 5.91 Å². The number of nitrogens with zero attached hydrogens (tertiary/aromatic N) is 1. The number of hydrogen-bond donors (Lipinski definition) is 2. The maximum absolute atomic E-state index is 12.1. The first-order valence-electron chi connectivity index (χ1n) is 8.20. The number of amidine groups is 1. The average Bonchev–Trinajstić information content (AvgIpc) is 2.65. The molecule has 1 aliphatic rings. The molecular weight excluding hydrogens is 366 g/mol. The van der Waals surface area contributed by atoms with Crippen molar-refractivity contribution in [2.75, 3.05) is 11.1 Å². The van der Waals surface area contributed by atoms with E-state index in [1.807, 2.05) is 48.5 Å². The quantitative estimate of drug-likeness (QED) is 0.671. The Bertz CT molecular complexity index is 1010. The molecule has 0 radical (unpaired) electrons. The highest BCUT2D eigenvalue weighted by atomic mass is 35.5. The minimum absolute atomic E-state index is 0.0449. The molecule has 0 atom stereocenters. The van der Waals surface area contributed by atoms with Gasteiger partial charge in [0, 0.05) is 17.0 Å². The minimum Gasteiger partial charge on any atom is -0.351 e. The molecule has 3 aromatic carbocycles. The van der Waals surface area contributed by atoms with Crippen LogP contribution in [0.4, 0.5) is 11.4 Å². The van der Waals surface area contributed by atoms with Crippen LogP contribution in [0, 0.1) is 0 Å². The molecule has 0 aliphatic carbocycles. The molecule has 4 nitrogen and oxygen atoms in total. The van der Waals surface area contributed by atoms with Crippen LogP contribution < -0.4 is 10.6 Å². The summed E-state index contributed by atoms with van der Waals surface area (Å²) in [5, 5.41) is 9.88. The molecule has 0 saturated carbocycles. The van der Waals surface area contributed by atoms with E-state index >= 15 is 0 Å². The fraction of sp³-hybridized carbons (Fsp3) is 0.100. The zero-order valence-electron chi connectivity index (χ0n) is 13.8. The van der Waals surface area contributed by atoms with E-state index in [1.54, 1.807) is 0 Å². The van der Waals surface area contributed by atoms with Crippen molar-refractivity contribution in [3.8, 4) is 0 Å². The molecule has 4 rings (SSSR count). The second kappa shape index (κ2) is 7.40. The topological polar surface area (TPSA) is 53.5 Å². The summed E-state index contributed by atoms with van der Waals surface area (Å²) in [5.41, 5.74) is 2.93. The van der Waals surface area contributed by atoms with E-state index in [4.69, 9.17) is 11.6 Å². The Morgan fingerprint density at radius 2 is 1.92 bits per heavy atom. The number of carbonyl (C=O) groups is 1. The number of amides is 1. The summed E-state index contributed by atoms with van der Waals surface area (Å²) in [6, 6.07) is 19.6. The maximum atomic E-state index is 12.1. The summed E-state index contributed by atoms with van der Waals surface area (Å²) in [5.74, 6) is 0.251. The highest BCUT2D eigenvalue weighted by Crippen LogP contribution is 2.36. The Hall–Kier alpha value is -2.50. The largest absolute Gasteiger partial charge is 0.351 e. The van der Waals surface area contributed by atoms with Crippen molar-refractivity contribution in [1.29, 1.82) is 0 Å². The van der Waals surface area contributed by atoms with E-state index in [0.717, 1.165) is 32.9 Å². The summed E-state index contributed by atoms with van der Waals surface area (Å²) in [6.45, 7) is 0.460. The SMILES string of the molecule is O=C(CSC1=Nc2cccc3cccc(c23)N1)NCc1cccc(Cl)c1. The van der Waals surface area contributed by atoms with Crippen LogP contribution in [0.25, 0.3) is 10.8 Å². The third kappa shape index (κ3) is 3.69. The number of nitrogens with one attached hydrogen (secondary N) is 2. The van der Waals surface area contributed by atoms with Crippen LogP contribution in [0.1, 0.15) is 5.56 Å². The van der Waals surface area contributed by atoms with Crippen LogP contribution >= 0.6 is 23.4 Å². The number of rotatable bonds is 4. The molecule has 1 aliphatic heterocycles. The van der Waals surface area contributed by atoms with E-state index in [9.17, 15) is 4.79 Å². The van der Waals surface area contributed by atoms with Crippen molar-refractivity contribution in [1.82, 2.24) is 5.32 Å². The molecule has 0 spiro atoms. The Kier molecular flexibility index (Phi) is 4.82. The van der Waals surface area contributed by atoms with Gasteiger partial charge in [-0.1, -0.05) is 59.8 Å². The standard InChI is InChI=1S/C20H16ClN3OS/c21-15-7-1-4-13(10-15)11-22-18(25)12-26-20-23-16-8-2-5-14-6-3-9-17(24-20)19(14)16/h1-10H,11-12H2,(H,22,25)(H,23,24). The Morgan fingerprint density at radius 1 is 1.12 bits per heavy atom. The fourth-order valence-corrected chi connectivity index (χ4v) is 3.80. The molecule has 0 bridgehead atoms. The van der Waals surface area contributed by atoms with Crippen molar-refractivity contribution < 1.29 is 4.79 Å². The number of aliphatic imine (C=N–C) groups is 1. The molecule has 130 valence electrons. The van der Waals surface area contributed by atoms with Gasteiger partial charge in [0.15, 0.2) is 5.17 Å². The van der Waals surface area contributed by atoms with Crippen LogP contribution in [0.2, 0.25) is 5.02 Å². The maximum Gasteiger partial charge on any atom is 0.230 e. The molecule has 0 saturated heterocycles. The molecule has 26 heavy (non-hydrogen) atoms. The van der Waals surface area contributed by atoms with Gasteiger partial charge in [0.1, 0.15) is 0 Å². The second-order valence-electron chi connectivity index (χ2n) is 5.92. The van der Waals surface area contributed by atoms with Gasteiger partial charge in [-0.25, -0.2) is 4.99 Å². The number of thioether (sulfide) groups is 1. The number of anilines is 1.